The van der Waals surface area contributed by atoms with Gasteiger partial charge in [0, 0.05) is 5.56 Å². The zero-order valence-corrected chi connectivity index (χ0v) is 12.3. The molecule has 1 amide bonds. The molecule has 0 aliphatic rings. The van der Waals surface area contributed by atoms with Crippen molar-refractivity contribution >= 4 is 28.2 Å². The van der Waals surface area contributed by atoms with Crippen LogP contribution in [0.15, 0.2) is 35.7 Å². The average molecular weight is 305 g/mol. The Morgan fingerprint density at radius 2 is 2.14 bits per heavy atom. The summed E-state index contributed by atoms with van der Waals surface area (Å²) in [5.74, 6) is -0.803. The van der Waals surface area contributed by atoms with Crippen molar-refractivity contribution in [3.05, 3.63) is 46.8 Å². The lowest BCUT2D eigenvalue weighted by atomic mass is 10.2. The molecule has 2 aromatic rings. The molecule has 0 radical (unpaired) electrons. The van der Waals surface area contributed by atoms with Crippen LogP contribution >= 0.6 is 11.3 Å². The lowest BCUT2D eigenvalue weighted by Gasteiger charge is -2.07. The van der Waals surface area contributed by atoms with Crippen molar-refractivity contribution in [3.63, 3.8) is 0 Å². The van der Waals surface area contributed by atoms with Crippen LogP contribution in [0.5, 0.6) is 5.75 Å². The fourth-order valence-corrected chi connectivity index (χ4v) is 2.47. The molecular formula is C15H15NO4S. The number of aromatic carboxylic acids is 1. The van der Waals surface area contributed by atoms with E-state index in [1.54, 1.807) is 29.6 Å². The minimum absolute atomic E-state index is 0.0896. The second-order valence-electron chi connectivity index (χ2n) is 4.30. The van der Waals surface area contributed by atoms with E-state index < -0.39 is 5.97 Å². The largest absolute Gasteiger partial charge is 0.494 e. The van der Waals surface area contributed by atoms with Crippen LogP contribution in [0.2, 0.25) is 0 Å². The number of carbonyl (C=O) groups is 2. The molecule has 0 unspecified atom stereocenters. The number of hydrogen-bond acceptors (Lipinski definition) is 4. The number of benzene rings is 1. The molecule has 5 nitrogen and oxygen atoms in total. The Labute approximate surface area is 126 Å². The van der Waals surface area contributed by atoms with Gasteiger partial charge in [0.25, 0.3) is 5.91 Å². The van der Waals surface area contributed by atoms with E-state index in [1.165, 1.54) is 17.4 Å². The predicted molar refractivity (Wildman–Crippen MR) is 81.5 cm³/mol. The second kappa shape index (κ2) is 6.90. The number of hydrogen-bond donors (Lipinski definition) is 2. The van der Waals surface area contributed by atoms with E-state index in [9.17, 15) is 9.59 Å². The summed E-state index contributed by atoms with van der Waals surface area (Å²) in [4.78, 5) is 23.2. The smallest absolute Gasteiger partial charge is 0.338 e. The van der Waals surface area contributed by atoms with Crippen molar-refractivity contribution in [2.45, 2.75) is 13.3 Å². The Kier molecular flexibility index (Phi) is 4.94. The number of carboxylic acid groups (broad SMARTS) is 1. The quantitative estimate of drug-likeness (QED) is 0.856. The molecule has 1 heterocycles. The van der Waals surface area contributed by atoms with Crippen molar-refractivity contribution in [2.24, 2.45) is 0 Å². The standard InChI is InChI=1S/C15H15NO4S/c1-2-7-20-11-5-3-4-10(9-11)13(17)16-14-12(15(18)19)6-8-21-14/h3-6,8-9H,2,7H2,1H3,(H,16,17)(H,18,19). The van der Waals surface area contributed by atoms with Crippen LogP contribution in [0.1, 0.15) is 34.1 Å². The van der Waals surface area contributed by atoms with E-state index in [-0.39, 0.29) is 11.5 Å². The van der Waals surface area contributed by atoms with Gasteiger partial charge in [-0.1, -0.05) is 13.0 Å². The van der Waals surface area contributed by atoms with E-state index in [4.69, 9.17) is 9.84 Å². The van der Waals surface area contributed by atoms with Gasteiger partial charge < -0.3 is 15.2 Å². The number of carboxylic acids is 1. The maximum Gasteiger partial charge on any atom is 0.338 e. The minimum atomic E-state index is -1.06. The first-order valence-corrected chi connectivity index (χ1v) is 7.34. The number of anilines is 1. The molecule has 21 heavy (non-hydrogen) atoms. The minimum Gasteiger partial charge on any atom is -0.494 e. The Morgan fingerprint density at radius 1 is 1.33 bits per heavy atom. The number of carbonyl (C=O) groups excluding carboxylic acids is 1. The van der Waals surface area contributed by atoms with Gasteiger partial charge >= 0.3 is 5.97 Å². The monoisotopic (exact) mass is 305 g/mol. The maximum atomic E-state index is 12.2. The van der Waals surface area contributed by atoms with Crippen LogP contribution in [0.3, 0.4) is 0 Å². The first kappa shape index (κ1) is 15.1. The number of amides is 1. The molecule has 0 spiro atoms. The molecule has 1 aromatic carbocycles. The summed E-state index contributed by atoms with van der Waals surface area (Å²) in [5, 5.41) is 13.6. The zero-order chi connectivity index (χ0) is 15.2. The van der Waals surface area contributed by atoms with Crippen molar-refractivity contribution < 1.29 is 19.4 Å². The van der Waals surface area contributed by atoms with Gasteiger partial charge in [0.2, 0.25) is 0 Å². The normalized spacial score (nSPS) is 10.1. The molecular weight excluding hydrogens is 290 g/mol. The molecule has 0 saturated heterocycles. The molecule has 0 fully saturated rings. The van der Waals surface area contributed by atoms with Gasteiger partial charge in [0.15, 0.2) is 0 Å². The van der Waals surface area contributed by atoms with Gasteiger partial charge in [-0.25, -0.2) is 4.79 Å². The van der Waals surface area contributed by atoms with Crippen LogP contribution in [0, 0.1) is 0 Å². The van der Waals surface area contributed by atoms with Crippen molar-refractivity contribution in [1.82, 2.24) is 0 Å². The molecule has 0 aliphatic carbocycles. The van der Waals surface area contributed by atoms with Gasteiger partial charge in [-0.2, -0.15) is 0 Å². The lowest BCUT2D eigenvalue weighted by molar-refractivity contribution is 0.0698. The highest BCUT2D eigenvalue weighted by Crippen LogP contribution is 2.24. The molecule has 0 atom stereocenters. The van der Waals surface area contributed by atoms with E-state index in [0.717, 1.165) is 6.42 Å². The third kappa shape index (κ3) is 3.82. The van der Waals surface area contributed by atoms with Crippen LogP contribution in [-0.2, 0) is 0 Å². The Morgan fingerprint density at radius 3 is 2.86 bits per heavy atom. The molecule has 6 heteroatoms. The lowest BCUT2D eigenvalue weighted by Crippen LogP contribution is -2.13. The number of ether oxygens (including phenoxy) is 1. The van der Waals surface area contributed by atoms with E-state index in [0.29, 0.717) is 22.9 Å². The van der Waals surface area contributed by atoms with Crippen molar-refractivity contribution in [3.8, 4) is 5.75 Å². The fourth-order valence-electron chi connectivity index (χ4n) is 1.70. The fraction of sp³-hybridized carbons (Fsp3) is 0.200. The summed E-state index contributed by atoms with van der Waals surface area (Å²) >= 11 is 1.17. The van der Waals surface area contributed by atoms with Gasteiger partial charge in [-0.15, -0.1) is 11.3 Å². The van der Waals surface area contributed by atoms with Gasteiger partial charge in [-0.05, 0) is 36.1 Å². The summed E-state index contributed by atoms with van der Waals surface area (Å²) in [5.41, 5.74) is 0.514. The van der Waals surface area contributed by atoms with E-state index in [1.807, 2.05) is 6.92 Å². The number of rotatable bonds is 6. The molecule has 110 valence electrons. The molecule has 2 N–H and O–H groups in total. The molecule has 2 rings (SSSR count). The Balaban J connectivity index is 2.13. The van der Waals surface area contributed by atoms with Gasteiger partial charge in [-0.3, -0.25) is 4.79 Å². The highest BCUT2D eigenvalue weighted by Gasteiger charge is 2.15. The highest BCUT2D eigenvalue weighted by molar-refractivity contribution is 7.14. The third-order valence-electron chi connectivity index (χ3n) is 2.69. The highest BCUT2D eigenvalue weighted by atomic mass is 32.1. The summed E-state index contributed by atoms with van der Waals surface area (Å²) in [6, 6.07) is 8.26. The van der Waals surface area contributed by atoms with Crippen LogP contribution in [0.4, 0.5) is 5.00 Å². The second-order valence-corrected chi connectivity index (χ2v) is 5.22. The summed E-state index contributed by atoms with van der Waals surface area (Å²) in [7, 11) is 0. The van der Waals surface area contributed by atoms with E-state index >= 15 is 0 Å². The van der Waals surface area contributed by atoms with Crippen molar-refractivity contribution in [1.29, 1.82) is 0 Å². The molecule has 0 aliphatic heterocycles. The van der Waals surface area contributed by atoms with Gasteiger partial charge in [0.05, 0.1) is 12.2 Å². The predicted octanol–water partition coefficient (Wildman–Crippen LogP) is 3.49. The SMILES string of the molecule is CCCOc1cccc(C(=O)Nc2sccc2C(=O)O)c1. The maximum absolute atomic E-state index is 12.2. The Hall–Kier alpha value is -2.34. The van der Waals surface area contributed by atoms with Crippen LogP contribution < -0.4 is 10.1 Å². The summed E-state index contributed by atoms with van der Waals surface area (Å²) in [6.45, 7) is 2.58. The zero-order valence-electron chi connectivity index (χ0n) is 11.5. The summed E-state index contributed by atoms with van der Waals surface area (Å²) < 4.78 is 5.47. The Bertz CT molecular complexity index is 651. The molecule has 0 saturated carbocycles. The van der Waals surface area contributed by atoms with E-state index in [2.05, 4.69) is 5.32 Å². The first-order chi connectivity index (χ1) is 10.1. The number of thiophene rings is 1. The van der Waals surface area contributed by atoms with Crippen LogP contribution in [-0.4, -0.2) is 23.6 Å². The third-order valence-corrected chi connectivity index (χ3v) is 3.52. The first-order valence-electron chi connectivity index (χ1n) is 6.46. The van der Waals surface area contributed by atoms with Crippen molar-refractivity contribution in [2.75, 3.05) is 11.9 Å². The molecule has 0 bridgehead atoms. The average Bonchev–Trinajstić information content (AvgIpc) is 2.93. The summed E-state index contributed by atoms with van der Waals surface area (Å²) in [6.07, 6.45) is 0.883. The van der Waals surface area contributed by atoms with Gasteiger partial charge in [0.1, 0.15) is 10.8 Å². The topological polar surface area (TPSA) is 75.6 Å². The number of nitrogens with one attached hydrogen (secondary N) is 1. The molecule has 1 aromatic heterocycles. The van der Waals surface area contributed by atoms with Crippen LogP contribution in [0.25, 0.3) is 0 Å².